The standard InChI is InChI=1S/C15H23N/c1-4-11-6-7-12(5-2)14(9-11)15(16)13-8-10(13)3/h6-7,9-10,13,15H,4-5,8,16H2,1-3H3. The fraction of sp³-hybridized carbons (Fsp3) is 0.600. The van der Waals surface area contributed by atoms with Crippen LogP contribution in [0.15, 0.2) is 18.2 Å². The molecule has 0 spiro atoms. The molecule has 0 radical (unpaired) electrons. The molecule has 88 valence electrons. The molecular formula is C15H23N. The first kappa shape index (κ1) is 11.7. The van der Waals surface area contributed by atoms with Crippen LogP contribution in [0.25, 0.3) is 0 Å². The van der Waals surface area contributed by atoms with Gasteiger partial charge >= 0.3 is 0 Å². The van der Waals surface area contributed by atoms with Crippen LogP contribution in [0.1, 0.15) is 49.9 Å². The summed E-state index contributed by atoms with van der Waals surface area (Å²) in [6, 6.07) is 7.09. The predicted octanol–water partition coefficient (Wildman–Crippen LogP) is 3.47. The smallest absolute Gasteiger partial charge is 0.0329 e. The molecule has 2 rings (SSSR count). The molecule has 3 atom stereocenters. The molecule has 0 aliphatic heterocycles. The van der Waals surface area contributed by atoms with E-state index in [-0.39, 0.29) is 6.04 Å². The van der Waals surface area contributed by atoms with Crippen molar-refractivity contribution in [1.29, 1.82) is 0 Å². The molecule has 0 bridgehead atoms. The van der Waals surface area contributed by atoms with Crippen molar-refractivity contribution in [2.75, 3.05) is 0 Å². The summed E-state index contributed by atoms with van der Waals surface area (Å²) in [5.41, 5.74) is 10.6. The summed E-state index contributed by atoms with van der Waals surface area (Å²) in [6.07, 6.45) is 3.50. The fourth-order valence-corrected chi connectivity index (χ4v) is 2.58. The van der Waals surface area contributed by atoms with Gasteiger partial charge in [0.1, 0.15) is 0 Å². The quantitative estimate of drug-likeness (QED) is 0.821. The van der Waals surface area contributed by atoms with Crippen LogP contribution in [0.3, 0.4) is 0 Å². The molecule has 16 heavy (non-hydrogen) atoms. The summed E-state index contributed by atoms with van der Waals surface area (Å²) in [4.78, 5) is 0. The summed E-state index contributed by atoms with van der Waals surface area (Å²) in [5.74, 6) is 1.54. The van der Waals surface area contributed by atoms with Gasteiger partial charge in [0.05, 0.1) is 0 Å². The van der Waals surface area contributed by atoms with E-state index in [0.717, 1.165) is 24.7 Å². The molecule has 0 aromatic heterocycles. The first-order valence-electron chi connectivity index (χ1n) is 6.54. The van der Waals surface area contributed by atoms with Gasteiger partial charge in [-0.25, -0.2) is 0 Å². The highest BCUT2D eigenvalue weighted by molar-refractivity contribution is 5.35. The van der Waals surface area contributed by atoms with E-state index in [9.17, 15) is 0 Å². The van der Waals surface area contributed by atoms with Crippen LogP contribution in [-0.2, 0) is 12.8 Å². The molecular weight excluding hydrogens is 194 g/mol. The second-order valence-corrected chi connectivity index (χ2v) is 5.14. The van der Waals surface area contributed by atoms with Crippen molar-refractivity contribution in [3.8, 4) is 0 Å². The summed E-state index contributed by atoms with van der Waals surface area (Å²) in [6.45, 7) is 6.73. The second kappa shape index (κ2) is 4.58. The monoisotopic (exact) mass is 217 g/mol. The van der Waals surface area contributed by atoms with Crippen molar-refractivity contribution < 1.29 is 0 Å². The van der Waals surface area contributed by atoms with Crippen LogP contribution < -0.4 is 5.73 Å². The van der Waals surface area contributed by atoms with E-state index in [1.54, 1.807) is 0 Å². The SMILES string of the molecule is CCc1ccc(CC)c(C(N)C2CC2C)c1. The van der Waals surface area contributed by atoms with Gasteiger partial charge in [-0.05, 0) is 47.8 Å². The van der Waals surface area contributed by atoms with Crippen LogP contribution in [0, 0.1) is 11.8 Å². The minimum absolute atomic E-state index is 0.261. The van der Waals surface area contributed by atoms with Gasteiger partial charge < -0.3 is 5.73 Å². The van der Waals surface area contributed by atoms with E-state index < -0.39 is 0 Å². The van der Waals surface area contributed by atoms with Gasteiger partial charge in [0.2, 0.25) is 0 Å². The Labute approximate surface area is 99.0 Å². The van der Waals surface area contributed by atoms with Gasteiger partial charge in [0.25, 0.3) is 0 Å². The number of hydrogen-bond donors (Lipinski definition) is 1. The third-order valence-electron chi connectivity index (χ3n) is 3.99. The van der Waals surface area contributed by atoms with Crippen LogP contribution in [-0.4, -0.2) is 0 Å². The lowest BCUT2D eigenvalue weighted by molar-refractivity contribution is 0.588. The first-order chi connectivity index (χ1) is 7.67. The van der Waals surface area contributed by atoms with Crippen molar-refractivity contribution in [2.24, 2.45) is 17.6 Å². The lowest BCUT2D eigenvalue weighted by atomic mass is 9.93. The summed E-state index contributed by atoms with van der Waals surface area (Å²) in [5, 5.41) is 0. The zero-order valence-electron chi connectivity index (χ0n) is 10.7. The Morgan fingerprint density at radius 3 is 2.50 bits per heavy atom. The highest BCUT2D eigenvalue weighted by Gasteiger charge is 2.38. The largest absolute Gasteiger partial charge is 0.324 e. The van der Waals surface area contributed by atoms with E-state index >= 15 is 0 Å². The van der Waals surface area contributed by atoms with Gasteiger partial charge in [-0.15, -0.1) is 0 Å². The summed E-state index contributed by atoms with van der Waals surface area (Å²) < 4.78 is 0. The van der Waals surface area contributed by atoms with Gasteiger partial charge in [0.15, 0.2) is 0 Å². The van der Waals surface area contributed by atoms with Crippen molar-refractivity contribution in [3.05, 3.63) is 34.9 Å². The third kappa shape index (κ3) is 2.15. The third-order valence-corrected chi connectivity index (χ3v) is 3.99. The molecule has 1 aromatic carbocycles. The van der Waals surface area contributed by atoms with E-state index in [2.05, 4.69) is 39.0 Å². The lowest BCUT2D eigenvalue weighted by Gasteiger charge is -2.17. The molecule has 1 aliphatic carbocycles. The topological polar surface area (TPSA) is 26.0 Å². The number of rotatable bonds is 4. The summed E-state index contributed by atoms with van der Waals surface area (Å²) in [7, 11) is 0. The van der Waals surface area contributed by atoms with Gasteiger partial charge in [0, 0.05) is 6.04 Å². The van der Waals surface area contributed by atoms with Crippen molar-refractivity contribution >= 4 is 0 Å². The Balaban J connectivity index is 2.29. The van der Waals surface area contributed by atoms with Crippen LogP contribution in [0.2, 0.25) is 0 Å². The molecule has 1 heteroatoms. The van der Waals surface area contributed by atoms with E-state index in [1.165, 1.54) is 23.1 Å². The Kier molecular flexibility index (Phi) is 3.34. The number of hydrogen-bond acceptors (Lipinski definition) is 1. The Morgan fingerprint density at radius 1 is 1.31 bits per heavy atom. The van der Waals surface area contributed by atoms with E-state index in [4.69, 9.17) is 5.73 Å². The van der Waals surface area contributed by atoms with Crippen LogP contribution in [0.5, 0.6) is 0 Å². The molecule has 2 N–H and O–H groups in total. The van der Waals surface area contributed by atoms with Crippen LogP contribution in [0.4, 0.5) is 0 Å². The van der Waals surface area contributed by atoms with Crippen molar-refractivity contribution in [1.82, 2.24) is 0 Å². The average molecular weight is 217 g/mol. The molecule has 3 unspecified atom stereocenters. The number of benzene rings is 1. The van der Waals surface area contributed by atoms with Crippen LogP contribution >= 0.6 is 0 Å². The Morgan fingerprint density at radius 2 is 2.00 bits per heavy atom. The van der Waals surface area contributed by atoms with E-state index in [1.807, 2.05) is 0 Å². The minimum Gasteiger partial charge on any atom is -0.324 e. The highest BCUT2D eigenvalue weighted by Crippen LogP contribution is 2.46. The molecule has 0 amide bonds. The van der Waals surface area contributed by atoms with Crippen molar-refractivity contribution in [3.63, 3.8) is 0 Å². The lowest BCUT2D eigenvalue weighted by Crippen LogP contribution is -2.15. The number of nitrogens with two attached hydrogens (primary N) is 1. The molecule has 0 saturated heterocycles. The Bertz CT molecular complexity index is 370. The maximum absolute atomic E-state index is 6.39. The summed E-state index contributed by atoms with van der Waals surface area (Å²) >= 11 is 0. The maximum atomic E-state index is 6.39. The molecule has 1 nitrogen and oxygen atoms in total. The maximum Gasteiger partial charge on any atom is 0.0329 e. The average Bonchev–Trinajstić information content (AvgIpc) is 3.04. The minimum atomic E-state index is 0.261. The Hall–Kier alpha value is -0.820. The zero-order chi connectivity index (χ0) is 11.7. The molecule has 1 saturated carbocycles. The highest BCUT2D eigenvalue weighted by atomic mass is 14.7. The van der Waals surface area contributed by atoms with E-state index in [0.29, 0.717) is 0 Å². The molecule has 1 aromatic rings. The molecule has 1 aliphatic rings. The predicted molar refractivity (Wildman–Crippen MR) is 69.4 cm³/mol. The van der Waals surface area contributed by atoms with Gasteiger partial charge in [-0.2, -0.15) is 0 Å². The fourth-order valence-electron chi connectivity index (χ4n) is 2.58. The first-order valence-corrected chi connectivity index (χ1v) is 6.54. The normalized spacial score (nSPS) is 25.5. The molecule has 1 fully saturated rings. The second-order valence-electron chi connectivity index (χ2n) is 5.14. The van der Waals surface area contributed by atoms with Crippen molar-refractivity contribution in [2.45, 2.75) is 46.1 Å². The van der Waals surface area contributed by atoms with Gasteiger partial charge in [-0.1, -0.05) is 39.0 Å². The molecule has 0 heterocycles. The zero-order valence-corrected chi connectivity index (χ0v) is 10.7. The van der Waals surface area contributed by atoms with Gasteiger partial charge in [-0.3, -0.25) is 0 Å². The number of aryl methyl sites for hydroxylation is 2.